The van der Waals surface area contributed by atoms with Crippen molar-refractivity contribution in [1.82, 2.24) is 5.32 Å². The van der Waals surface area contributed by atoms with Gasteiger partial charge in [0.05, 0.1) is 25.0 Å². The van der Waals surface area contributed by atoms with Crippen molar-refractivity contribution in [2.24, 2.45) is 0 Å². The highest BCUT2D eigenvalue weighted by atomic mass is 32.2. The molecule has 7 heteroatoms. The fourth-order valence-electron chi connectivity index (χ4n) is 3.91. The zero-order valence-electron chi connectivity index (χ0n) is 20.9. The van der Waals surface area contributed by atoms with Gasteiger partial charge in [-0.05, 0) is 66.3 Å². The molecule has 1 N–H and O–H groups in total. The highest BCUT2D eigenvalue weighted by Gasteiger charge is 2.22. The van der Waals surface area contributed by atoms with Crippen LogP contribution in [0.5, 0.6) is 5.75 Å². The van der Waals surface area contributed by atoms with Crippen LogP contribution < -0.4 is 14.4 Å². The molecule has 0 fully saturated rings. The second-order valence-electron chi connectivity index (χ2n) is 8.50. The predicted molar refractivity (Wildman–Crippen MR) is 142 cm³/mol. The molecular formula is C28H34N2O4S. The van der Waals surface area contributed by atoms with Gasteiger partial charge in [0.25, 0.3) is 5.91 Å². The molecule has 0 heterocycles. The van der Waals surface area contributed by atoms with E-state index in [2.05, 4.69) is 12.2 Å². The lowest BCUT2D eigenvalue weighted by atomic mass is 10.1. The van der Waals surface area contributed by atoms with Gasteiger partial charge in [-0.25, -0.2) is 8.42 Å². The zero-order valence-corrected chi connectivity index (χ0v) is 21.7. The van der Waals surface area contributed by atoms with Crippen LogP contribution in [0.25, 0.3) is 0 Å². The average molecular weight is 495 g/mol. The molecule has 0 bridgehead atoms. The van der Waals surface area contributed by atoms with Crippen LogP contribution in [0.3, 0.4) is 0 Å². The zero-order chi connectivity index (χ0) is 25.4. The fraction of sp³-hybridized carbons (Fsp3) is 0.321. The van der Waals surface area contributed by atoms with Crippen LogP contribution in [0.2, 0.25) is 0 Å². The Hall–Kier alpha value is -3.32. The van der Waals surface area contributed by atoms with Gasteiger partial charge in [-0.1, -0.05) is 56.3 Å². The van der Waals surface area contributed by atoms with E-state index in [0.717, 1.165) is 41.0 Å². The number of hydrogen-bond acceptors (Lipinski definition) is 4. The third-order valence-corrected chi connectivity index (χ3v) is 6.99. The Morgan fingerprint density at radius 3 is 2.17 bits per heavy atom. The fourth-order valence-corrected chi connectivity index (χ4v) is 4.88. The highest BCUT2D eigenvalue weighted by molar-refractivity contribution is 7.92. The van der Waals surface area contributed by atoms with Crippen molar-refractivity contribution in [2.75, 3.05) is 23.7 Å². The van der Waals surface area contributed by atoms with Crippen molar-refractivity contribution in [1.29, 1.82) is 0 Å². The molecule has 3 aromatic rings. The average Bonchev–Trinajstić information content (AvgIpc) is 2.85. The van der Waals surface area contributed by atoms with Gasteiger partial charge < -0.3 is 10.1 Å². The minimum absolute atomic E-state index is 0.198. The number of nitrogens with zero attached hydrogens (tertiary/aromatic N) is 1. The summed E-state index contributed by atoms with van der Waals surface area (Å²) in [6.45, 7) is 6.98. The summed E-state index contributed by atoms with van der Waals surface area (Å²) < 4.78 is 32.5. The molecule has 6 nitrogen and oxygen atoms in total. The number of sulfonamides is 1. The number of ether oxygens (including phenoxy) is 1. The number of rotatable bonds is 11. The monoisotopic (exact) mass is 494 g/mol. The van der Waals surface area contributed by atoms with E-state index >= 15 is 0 Å². The molecule has 0 atom stereocenters. The van der Waals surface area contributed by atoms with Crippen LogP contribution in [0.4, 0.5) is 5.69 Å². The molecule has 0 saturated carbocycles. The molecule has 0 spiro atoms. The van der Waals surface area contributed by atoms with Crippen LogP contribution in [0.1, 0.15) is 46.5 Å². The van der Waals surface area contributed by atoms with E-state index < -0.39 is 10.0 Å². The SMILES string of the molecule is CCc1ccc(OCCNC(=O)c2ccc(CN(c3c(C)cccc3CC)S(C)(=O)=O)cc2)cc1. The summed E-state index contributed by atoms with van der Waals surface area (Å²) in [6, 6.07) is 20.8. The molecule has 0 radical (unpaired) electrons. The van der Waals surface area contributed by atoms with Crippen molar-refractivity contribution in [3.63, 3.8) is 0 Å². The van der Waals surface area contributed by atoms with E-state index in [0.29, 0.717) is 18.7 Å². The van der Waals surface area contributed by atoms with Crippen LogP contribution in [0.15, 0.2) is 66.7 Å². The van der Waals surface area contributed by atoms with Crippen LogP contribution >= 0.6 is 0 Å². The molecule has 186 valence electrons. The van der Waals surface area contributed by atoms with E-state index in [9.17, 15) is 13.2 Å². The maximum absolute atomic E-state index is 12.7. The standard InChI is InChI=1S/C28H34N2O4S/c1-5-22-12-16-26(17-13-22)34-19-18-29-28(31)25-14-10-23(11-15-25)20-30(35(4,32)33)27-21(3)8-7-9-24(27)6-2/h7-17H,5-6,18-20H2,1-4H3,(H,29,31). The minimum Gasteiger partial charge on any atom is -0.492 e. The highest BCUT2D eigenvalue weighted by Crippen LogP contribution is 2.29. The van der Waals surface area contributed by atoms with Crippen molar-refractivity contribution in [3.8, 4) is 5.75 Å². The number of anilines is 1. The first-order chi connectivity index (χ1) is 16.7. The lowest BCUT2D eigenvalue weighted by Gasteiger charge is -2.26. The molecule has 35 heavy (non-hydrogen) atoms. The van der Waals surface area contributed by atoms with Crippen LogP contribution in [0, 0.1) is 6.92 Å². The first kappa shape index (κ1) is 26.3. The predicted octanol–water partition coefficient (Wildman–Crippen LogP) is 4.89. The Balaban J connectivity index is 1.61. The molecule has 0 aromatic heterocycles. The molecule has 3 rings (SSSR count). The van der Waals surface area contributed by atoms with Gasteiger partial charge in [-0.2, -0.15) is 0 Å². The summed E-state index contributed by atoms with van der Waals surface area (Å²) in [6.07, 6.45) is 2.93. The molecule has 1 amide bonds. The van der Waals surface area contributed by atoms with Gasteiger partial charge in [0.15, 0.2) is 0 Å². The van der Waals surface area contributed by atoms with Crippen molar-refractivity contribution < 1.29 is 17.9 Å². The van der Waals surface area contributed by atoms with E-state index in [1.807, 2.05) is 56.3 Å². The topological polar surface area (TPSA) is 75.7 Å². The smallest absolute Gasteiger partial charge is 0.251 e. The minimum atomic E-state index is -3.50. The summed E-state index contributed by atoms with van der Waals surface area (Å²) in [5.74, 6) is 0.574. The number of amides is 1. The Labute approximate surface area is 209 Å². The first-order valence-corrected chi connectivity index (χ1v) is 13.7. The van der Waals surface area contributed by atoms with Crippen LogP contribution in [-0.2, 0) is 29.4 Å². The lowest BCUT2D eigenvalue weighted by molar-refractivity contribution is 0.0947. The maximum atomic E-state index is 12.7. The number of hydrogen-bond donors (Lipinski definition) is 1. The third kappa shape index (κ3) is 7.09. The molecule has 0 aliphatic carbocycles. The number of aryl methyl sites for hydroxylation is 3. The number of carbonyl (C=O) groups is 1. The largest absolute Gasteiger partial charge is 0.492 e. The summed E-state index contributed by atoms with van der Waals surface area (Å²) >= 11 is 0. The van der Waals surface area contributed by atoms with Gasteiger partial charge in [0.2, 0.25) is 10.0 Å². The Morgan fingerprint density at radius 2 is 1.57 bits per heavy atom. The van der Waals surface area contributed by atoms with Crippen LogP contribution in [-0.4, -0.2) is 33.7 Å². The number of benzene rings is 3. The first-order valence-electron chi connectivity index (χ1n) is 11.9. The van der Waals surface area contributed by atoms with Crippen molar-refractivity contribution >= 4 is 21.6 Å². The molecule has 0 aliphatic rings. The second kappa shape index (κ2) is 11.9. The molecular weight excluding hydrogens is 460 g/mol. The normalized spacial score (nSPS) is 11.2. The van der Waals surface area contributed by atoms with Gasteiger partial charge in [0, 0.05) is 5.56 Å². The Kier molecular flexibility index (Phi) is 8.93. The second-order valence-corrected chi connectivity index (χ2v) is 10.4. The number of carbonyl (C=O) groups excluding carboxylic acids is 1. The van der Waals surface area contributed by atoms with Gasteiger partial charge in [-0.15, -0.1) is 0 Å². The third-order valence-electron chi connectivity index (χ3n) is 5.88. The summed E-state index contributed by atoms with van der Waals surface area (Å²) in [5.41, 5.74) is 5.18. The van der Waals surface area contributed by atoms with E-state index in [4.69, 9.17) is 4.74 Å². The lowest BCUT2D eigenvalue weighted by Crippen LogP contribution is -2.31. The summed E-state index contributed by atoms with van der Waals surface area (Å²) in [7, 11) is -3.50. The molecule has 0 unspecified atom stereocenters. The van der Waals surface area contributed by atoms with Gasteiger partial charge in [0.1, 0.15) is 12.4 Å². The summed E-state index contributed by atoms with van der Waals surface area (Å²) in [4.78, 5) is 12.5. The summed E-state index contributed by atoms with van der Waals surface area (Å²) in [5, 5.41) is 2.85. The van der Waals surface area contributed by atoms with Gasteiger partial charge in [-0.3, -0.25) is 9.10 Å². The maximum Gasteiger partial charge on any atom is 0.251 e. The Bertz CT molecular complexity index is 1240. The Morgan fingerprint density at radius 1 is 0.914 bits per heavy atom. The molecule has 3 aromatic carbocycles. The molecule has 0 aliphatic heterocycles. The van der Waals surface area contributed by atoms with Crippen molar-refractivity contribution in [3.05, 3.63) is 94.5 Å². The number of para-hydroxylation sites is 1. The van der Waals surface area contributed by atoms with Crippen molar-refractivity contribution in [2.45, 2.75) is 40.2 Å². The quantitative estimate of drug-likeness (QED) is 0.385. The van der Waals surface area contributed by atoms with E-state index in [-0.39, 0.29) is 12.5 Å². The van der Waals surface area contributed by atoms with E-state index in [1.54, 1.807) is 24.3 Å². The van der Waals surface area contributed by atoms with Gasteiger partial charge >= 0.3 is 0 Å². The van der Waals surface area contributed by atoms with E-state index in [1.165, 1.54) is 16.1 Å². The molecule has 0 saturated heterocycles. The number of nitrogens with one attached hydrogen (secondary N) is 1.